The van der Waals surface area contributed by atoms with Crippen LogP contribution < -0.4 is 0 Å². The van der Waals surface area contributed by atoms with Crippen molar-refractivity contribution in [2.75, 3.05) is 6.61 Å². The molecule has 0 aromatic rings. The number of alkyl halides is 9. The average molecular weight is 392 g/mol. The summed E-state index contributed by atoms with van der Waals surface area (Å²) in [5.41, 5.74) is -1.64. The molecule has 0 unspecified atom stereocenters. The Labute approximate surface area is 137 Å². The highest BCUT2D eigenvalue weighted by atomic mass is 19.4. The molecule has 0 aromatic carbocycles. The van der Waals surface area contributed by atoms with Crippen LogP contribution in [0.3, 0.4) is 0 Å². The fourth-order valence-electron chi connectivity index (χ4n) is 2.53. The molecule has 12 heteroatoms. The Morgan fingerprint density at radius 1 is 1.00 bits per heavy atom. The first-order chi connectivity index (χ1) is 10.9. The van der Waals surface area contributed by atoms with E-state index in [0.717, 1.165) is 13.8 Å². The van der Waals surface area contributed by atoms with E-state index in [0.29, 0.717) is 0 Å². The van der Waals surface area contributed by atoms with Crippen LogP contribution in [0.2, 0.25) is 0 Å². The largest absolute Gasteiger partial charge is 0.460 e. The zero-order chi connectivity index (χ0) is 20.1. The molecule has 3 atom stereocenters. The van der Waals surface area contributed by atoms with Crippen LogP contribution in [-0.2, 0) is 9.47 Å². The van der Waals surface area contributed by atoms with E-state index in [1.54, 1.807) is 0 Å². The Hall–Kier alpha value is -0.750. The smallest absolute Gasteiger partial charge is 0.387 e. The molecule has 0 saturated carbocycles. The molecule has 0 aliphatic carbocycles. The molecular weight excluding hydrogens is 375 g/mol. The maximum absolute atomic E-state index is 14.1. The van der Waals surface area contributed by atoms with Crippen LogP contribution in [0.5, 0.6) is 0 Å². The molecule has 150 valence electrons. The maximum Gasteiger partial charge on any atom is 0.460 e. The normalized spacial score (nSPS) is 28.9. The lowest BCUT2D eigenvalue weighted by molar-refractivity contribution is -0.415. The summed E-state index contributed by atoms with van der Waals surface area (Å²) < 4.78 is 128. The minimum atomic E-state index is -7.01. The molecule has 3 nitrogen and oxygen atoms in total. The molecule has 1 heterocycles. The lowest BCUT2D eigenvalue weighted by Gasteiger charge is -2.47. The van der Waals surface area contributed by atoms with Gasteiger partial charge in [-0.05, 0) is 27.2 Å². The van der Waals surface area contributed by atoms with Crippen molar-refractivity contribution in [2.45, 2.75) is 69.1 Å². The summed E-state index contributed by atoms with van der Waals surface area (Å²) in [4.78, 5) is 0. The molecule has 0 spiro atoms. The number of rotatable bonds is 5. The molecule has 1 saturated heterocycles. The average Bonchev–Trinajstić information content (AvgIpc) is 2.40. The van der Waals surface area contributed by atoms with Gasteiger partial charge in [0.15, 0.2) is 6.29 Å². The van der Waals surface area contributed by atoms with Crippen LogP contribution >= 0.6 is 0 Å². The lowest BCUT2D eigenvalue weighted by atomic mass is 9.78. The Kier molecular flexibility index (Phi) is 5.75. The van der Waals surface area contributed by atoms with Crippen molar-refractivity contribution < 1.29 is 54.1 Å². The summed E-state index contributed by atoms with van der Waals surface area (Å²) in [5.74, 6) is -22.7. The van der Waals surface area contributed by atoms with Gasteiger partial charge in [0.2, 0.25) is 0 Å². The van der Waals surface area contributed by atoms with E-state index in [9.17, 15) is 44.6 Å². The van der Waals surface area contributed by atoms with Gasteiger partial charge < -0.3 is 14.6 Å². The summed E-state index contributed by atoms with van der Waals surface area (Å²) in [6, 6.07) is 0. The maximum atomic E-state index is 14.1. The summed E-state index contributed by atoms with van der Waals surface area (Å²) in [6.07, 6.45) is -12.4. The lowest BCUT2D eigenvalue weighted by Crippen LogP contribution is -2.67. The van der Waals surface area contributed by atoms with E-state index in [1.165, 1.54) is 6.92 Å². The van der Waals surface area contributed by atoms with Gasteiger partial charge in [-0.25, -0.2) is 0 Å². The van der Waals surface area contributed by atoms with E-state index in [4.69, 9.17) is 9.47 Å². The van der Waals surface area contributed by atoms with Gasteiger partial charge in [-0.2, -0.15) is 39.5 Å². The molecule has 1 rings (SSSR count). The van der Waals surface area contributed by atoms with Crippen LogP contribution in [0.25, 0.3) is 0 Å². The Balaban J connectivity index is 3.34. The van der Waals surface area contributed by atoms with Crippen LogP contribution in [0.15, 0.2) is 0 Å². The molecule has 1 aliphatic rings. The second kappa shape index (κ2) is 6.45. The number of aliphatic hydroxyl groups is 1. The highest BCUT2D eigenvalue weighted by Gasteiger charge is 2.83. The van der Waals surface area contributed by atoms with Gasteiger partial charge >= 0.3 is 23.9 Å². The van der Waals surface area contributed by atoms with Crippen molar-refractivity contribution in [3.8, 4) is 0 Å². The highest BCUT2D eigenvalue weighted by molar-refractivity contribution is 5.06. The van der Waals surface area contributed by atoms with E-state index >= 15 is 0 Å². The molecule has 1 N–H and O–H groups in total. The first kappa shape index (κ1) is 22.3. The standard InChI is InChI=1S/C13H17F9O3/c1-4-24-8-7(23)6(5-9(2,3)25-8)10(14,15)11(16,17)12(18,19)13(20,21)22/h6-8,23H,4-5H2,1-3H3/t6-,7+,8-/m1/s1. The predicted octanol–water partition coefficient (Wildman–Crippen LogP) is 3.99. The summed E-state index contributed by atoms with van der Waals surface area (Å²) >= 11 is 0. The fourth-order valence-corrected chi connectivity index (χ4v) is 2.53. The molecule has 1 fully saturated rings. The predicted molar refractivity (Wildman–Crippen MR) is 65.6 cm³/mol. The SMILES string of the molecule is CCO[C@@H]1OC(C)(C)C[C@@H](C(F)(F)C(F)(F)C(F)(F)C(F)(F)F)[C@@H]1O. The van der Waals surface area contributed by atoms with Crippen molar-refractivity contribution >= 4 is 0 Å². The Bertz CT molecular complexity index is 476. The van der Waals surface area contributed by atoms with E-state index in [-0.39, 0.29) is 6.61 Å². The second-order valence-corrected chi connectivity index (χ2v) is 6.27. The van der Waals surface area contributed by atoms with Gasteiger partial charge in [0.25, 0.3) is 0 Å². The van der Waals surface area contributed by atoms with Crippen LogP contribution in [0, 0.1) is 5.92 Å². The van der Waals surface area contributed by atoms with Crippen LogP contribution in [-0.4, -0.2) is 53.7 Å². The van der Waals surface area contributed by atoms with Gasteiger partial charge in [-0.1, -0.05) is 0 Å². The van der Waals surface area contributed by atoms with Crippen LogP contribution in [0.4, 0.5) is 39.5 Å². The summed E-state index contributed by atoms with van der Waals surface area (Å²) in [7, 11) is 0. The minimum Gasteiger partial charge on any atom is -0.387 e. The summed E-state index contributed by atoms with van der Waals surface area (Å²) in [6.45, 7) is 3.37. The quantitative estimate of drug-likeness (QED) is 0.720. The van der Waals surface area contributed by atoms with Crippen molar-refractivity contribution in [3.63, 3.8) is 0 Å². The monoisotopic (exact) mass is 392 g/mol. The Morgan fingerprint density at radius 2 is 1.48 bits per heavy atom. The van der Waals surface area contributed by atoms with Gasteiger partial charge in [0, 0.05) is 6.61 Å². The fraction of sp³-hybridized carbons (Fsp3) is 1.00. The van der Waals surface area contributed by atoms with Crippen molar-refractivity contribution in [1.82, 2.24) is 0 Å². The molecule has 0 bridgehead atoms. The topological polar surface area (TPSA) is 38.7 Å². The first-order valence-electron chi connectivity index (χ1n) is 7.10. The van der Waals surface area contributed by atoms with Crippen molar-refractivity contribution in [3.05, 3.63) is 0 Å². The van der Waals surface area contributed by atoms with Gasteiger partial charge in [0.1, 0.15) is 6.10 Å². The number of hydrogen-bond donors (Lipinski definition) is 1. The molecule has 1 aliphatic heterocycles. The zero-order valence-corrected chi connectivity index (χ0v) is 13.3. The van der Waals surface area contributed by atoms with Crippen molar-refractivity contribution in [1.29, 1.82) is 0 Å². The molecular formula is C13H17F9O3. The minimum absolute atomic E-state index is 0.217. The molecule has 0 aromatic heterocycles. The summed E-state index contributed by atoms with van der Waals surface area (Å²) in [5, 5.41) is 9.77. The van der Waals surface area contributed by atoms with Crippen LogP contribution in [0.1, 0.15) is 27.2 Å². The third kappa shape index (κ3) is 3.70. The van der Waals surface area contributed by atoms with E-state index in [1.807, 2.05) is 0 Å². The zero-order valence-electron chi connectivity index (χ0n) is 13.3. The second-order valence-electron chi connectivity index (χ2n) is 6.27. The molecule has 0 radical (unpaired) electrons. The number of halogens is 9. The van der Waals surface area contributed by atoms with Gasteiger partial charge in [-0.15, -0.1) is 0 Å². The van der Waals surface area contributed by atoms with Gasteiger partial charge in [0.05, 0.1) is 11.5 Å². The number of aliphatic hydroxyl groups excluding tert-OH is 1. The van der Waals surface area contributed by atoms with Gasteiger partial charge in [-0.3, -0.25) is 0 Å². The number of hydrogen-bond acceptors (Lipinski definition) is 3. The highest BCUT2D eigenvalue weighted by Crippen LogP contribution is 2.57. The van der Waals surface area contributed by atoms with E-state index in [2.05, 4.69) is 0 Å². The molecule has 0 amide bonds. The third-order valence-corrected chi connectivity index (χ3v) is 3.80. The number of ether oxygens (including phenoxy) is 2. The first-order valence-corrected chi connectivity index (χ1v) is 7.10. The van der Waals surface area contributed by atoms with Crippen molar-refractivity contribution in [2.24, 2.45) is 5.92 Å². The third-order valence-electron chi connectivity index (χ3n) is 3.80. The molecule has 25 heavy (non-hydrogen) atoms. The van der Waals surface area contributed by atoms with E-state index < -0.39 is 54.3 Å². The Morgan fingerprint density at radius 3 is 1.88 bits per heavy atom.